The highest BCUT2D eigenvalue weighted by Gasteiger charge is 2.18. The third-order valence-electron chi connectivity index (χ3n) is 1.81. The molecule has 0 bridgehead atoms. The van der Waals surface area contributed by atoms with Gasteiger partial charge in [-0.05, 0) is 13.5 Å². The van der Waals surface area contributed by atoms with Gasteiger partial charge in [0.1, 0.15) is 0 Å². The lowest BCUT2D eigenvalue weighted by molar-refractivity contribution is 0.441. The van der Waals surface area contributed by atoms with E-state index in [9.17, 15) is 8.42 Å². The van der Waals surface area contributed by atoms with Crippen LogP contribution in [0.3, 0.4) is 0 Å². The van der Waals surface area contributed by atoms with Crippen molar-refractivity contribution in [1.29, 1.82) is 0 Å². The van der Waals surface area contributed by atoms with Crippen molar-refractivity contribution in [2.75, 3.05) is 32.4 Å². The fraction of sp³-hybridized carbons (Fsp3) is 0.778. The Morgan fingerprint density at radius 1 is 1.50 bits per heavy atom. The maximum atomic E-state index is 11.7. The SMILES string of the molecule is C=CCN(CCC)S(=O)(=O)CCNC. The molecule has 0 saturated heterocycles. The number of sulfonamides is 1. The molecule has 0 spiro atoms. The minimum Gasteiger partial charge on any atom is -0.319 e. The molecule has 0 atom stereocenters. The highest BCUT2D eigenvalue weighted by atomic mass is 32.2. The predicted molar refractivity (Wildman–Crippen MR) is 59.8 cm³/mol. The Labute approximate surface area is 87.0 Å². The zero-order valence-corrected chi connectivity index (χ0v) is 9.81. The zero-order chi connectivity index (χ0) is 11.0. The summed E-state index contributed by atoms with van der Waals surface area (Å²) in [6.45, 7) is 6.97. The Bertz CT molecular complexity index is 250. The lowest BCUT2D eigenvalue weighted by atomic mass is 10.5. The van der Waals surface area contributed by atoms with Crippen molar-refractivity contribution in [3.8, 4) is 0 Å². The smallest absolute Gasteiger partial charge is 0.215 e. The molecular weight excluding hydrogens is 200 g/mol. The van der Waals surface area contributed by atoms with Gasteiger partial charge in [-0.2, -0.15) is 4.31 Å². The Morgan fingerprint density at radius 3 is 2.57 bits per heavy atom. The quantitative estimate of drug-likeness (QED) is 0.604. The molecule has 0 heterocycles. The first-order valence-electron chi connectivity index (χ1n) is 4.81. The molecule has 0 aliphatic carbocycles. The summed E-state index contributed by atoms with van der Waals surface area (Å²) in [4.78, 5) is 0. The van der Waals surface area contributed by atoms with Crippen LogP contribution in [-0.2, 0) is 10.0 Å². The van der Waals surface area contributed by atoms with E-state index in [0.717, 1.165) is 6.42 Å². The Hall–Kier alpha value is -0.390. The van der Waals surface area contributed by atoms with Crippen LogP contribution in [0, 0.1) is 0 Å². The lowest BCUT2D eigenvalue weighted by Crippen LogP contribution is -2.36. The van der Waals surface area contributed by atoms with Crippen molar-refractivity contribution in [3.63, 3.8) is 0 Å². The minimum absolute atomic E-state index is 0.150. The highest BCUT2D eigenvalue weighted by Crippen LogP contribution is 2.02. The maximum absolute atomic E-state index is 11.7. The van der Waals surface area contributed by atoms with Gasteiger partial charge in [0.2, 0.25) is 10.0 Å². The molecule has 0 unspecified atom stereocenters. The van der Waals surface area contributed by atoms with E-state index in [1.165, 1.54) is 4.31 Å². The van der Waals surface area contributed by atoms with Gasteiger partial charge < -0.3 is 5.32 Å². The summed E-state index contributed by atoms with van der Waals surface area (Å²) in [6.07, 6.45) is 2.44. The van der Waals surface area contributed by atoms with E-state index in [2.05, 4.69) is 11.9 Å². The molecule has 4 nitrogen and oxygen atoms in total. The van der Waals surface area contributed by atoms with Gasteiger partial charge in [0, 0.05) is 19.6 Å². The molecule has 0 rings (SSSR count). The van der Waals surface area contributed by atoms with Crippen molar-refractivity contribution in [2.45, 2.75) is 13.3 Å². The van der Waals surface area contributed by atoms with E-state index in [4.69, 9.17) is 0 Å². The molecule has 1 N–H and O–H groups in total. The van der Waals surface area contributed by atoms with Crippen LogP contribution in [0.15, 0.2) is 12.7 Å². The highest BCUT2D eigenvalue weighted by molar-refractivity contribution is 7.89. The molecule has 0 fully saturated rings. The van der Waals surface area contributed by atoms with Gasteiger partial charge in [0.25, 0.3) is 0 Å². The second-order valence-corrected chi connectivity index (χ2v) is 5.15. The third-order valence-corrected chi connectivity index (χ3v) is 3.65. The first-order valence-corrected chi connectivity index (χ1v) is 6.42. The summed E-state index contributed by atoms with van der Waals surface area (Å²) in [7, 11) is -1.37. The van der Waals surface area contributed by atoms with Crippen LogP contribution in [0.5, 0.6) is 0 Å². The van der Waals surface area contributed by atoms with Gasteiger partial charge in [0.05, 0.1) is 5.75 Å². The number of hydrogen-bond acceptors (Lipinski definition) is 3. The average Bonchev–Trinajstić information content (AvgIpc) is 2.14. The van der Waals surface area contributed by atoms with Crippen LogP contribution >= 0.6 is 0 Å². The van der Waals surface area contributed by atoms with Crippen molar-refractivity contribution >= 4 is 10.0 Å². The van der Waals surface area contributed by atoms with Gasteiger partial charge in [-0.1, -0.05) is 13.0 Å². The Balaban J connectivity index is 4.37. The largest absolute Gasteiger partial charge is 0.319 e. The second kappa shape index (κ2) is 6.98. The maximum Gasteiger partial charge on any atom is 0.215 e. The molecule has 0 radical (unpaired) electrons. The minimum atomic E-state index is -3.11. The molecule has 0 amide bonds. The summed E-state index contributed by atoms with van der Waals surface area (Å²) in [5.74, 6) is 0.150. The molecule has 0 aliphatic rings. The predicted octanol–water partition coefficient (Wildman–Crippen LogP) is 0.434. The summed E-state index contributed by atoms with van der Waals surface area (Å²) in [5.41, 5.74) is 0. The Kier molecular flexibility index (Phi) is 6.78. The van der Waals surface area contributed by atoms with E-state index in [1.54, 1.807) is 13.1 Å². The molecule has 0 aromatic rings. The zero-order valence-electron chi connectivity index (χ0n) is 8.99. The average molecular weight is 220 g/mol. The summed E-state index contributed by atoms with van der Waals surface area (Å²) in [5, 5.41) is 2.83. The Morgan fingerprint density at radius 2 is 2.14 bits per heavy atom. The van der Waals surface area contributed by atoms with E-state index in [1.807, 2.05) is 6.92 Å². The first kappa shape index (κ1) is 13.6. The number of rotatable bonds is 8. The number of nitrogens with one attached hydrogen (secondary N) is 1. The molecule has 84 valence electrons. The van der Waals surface area contributed by atoms with Crippen LogP contribution in [-0.4, -0.2) is 45.2 Å². The van der Waals surface area contributed by atoms with Crippen LogP contribution in [0.4, 0.5) is 0 Å². The topological polar surface area (TPSA) is 49.4 Å². The summed E-state index contributed by atoms with van der Waals surface area (Å²) in [6, 6.07) is 0. The second-order valence-electron chi connectivity index (χ2n) is 3.07. The molecule has 5 heteroatoms. The fourth-order valence-corrected chi connectivity index (χ4v) is 2.61. The fourth-order valence-electron chi connectivity index (χ4n) is 1.10. The van der Waals surface area contributed by atoms with E-state index < -0.39 is 10.0 Å². The van der Waals surface area contributed by atoms with Crippen LogP contribution in [0.1, 0.15) is 13.3 Å². The molecular formula is C9H20N2O2S. The first-order chi connectivity index (χ1) is 6.58. The lowest BCUT2D eigenvalue weighted by Gasteiger charge is -2.19. The van der Waals surface area contributed by atoms with Gasteiger partial charge in [-0.15, -0.1) is 6.58 Å². The van der Waals surface area contributed by atoms with Crippen LogP contribution in [0.25, 0.3) is 0 Å². The van der Waals surface area contributed by atoms with Gasteiger partial charge in [-0.3, -0.25) is 0 Å². The molecule has 0 aromatic carbocycles. The van der Waals surface area contributed by atoms with Crippen LogP contribution in [0.2, 0.25) is 0 Å². The molecule has 0 aromatic heterocycles. The summed E-state index contributed by atoms with van der Waals surface area (Å²) >= 11 is 0. The summed E-state index contributed by atoms with van der Waals surface area (Å²) < 4.78 is 24.9. The van der Waals surface area contributed by atoms with Crippen molar-refractivity contribution in [2.24, 2.45) is 0 Å². The van der Waals surface area contributed by atoms with Crippen molar-refractivity contribution in [3.05, 3.63) is 12.7 Å². The van der Waals surface area contributed by atoms with Crippen molar-refractivity contribution in [1.82, 2.24) is 9.62 Å². The molecule has 0 aliphatic heterocycles. The normalized spacial score (nSPS) is 11.9. The monoisotopic (exact) mass is 220 g/mol. The van der Waals surface area contributed by atoms with E-state index in [-0.39, 0.29) is 5.75 Å². The molecule has 0 saturated carbocycles. The third kappa shape index (κ3) is 4.74. The standard InChI is InChI=1S/C9H20N2O2S/c1-4-7-11(8-5-2)14(12,13)9-6-10-3/h4,10H,1,5-9H2,2-3H3. The van der Waals surface area contributed by atoms with Crippen LogP contribution < -0.4 is 5.32 Å². The number of nitrogens with zero attached hydrogens (tertiary/aromatic N) is 1. The van der Waals surface area contributed by atoms with Gasteiger partial charge in [0.15, 0.2) is 0 Å². The van der Waals surface area contributed by atoms with Crippen molar-refractivity contribution < 1.29 is 8.42 Å². The van der Waals surface area contributed by atoms with E-state index >= 15 is 0 Å². The van der Waals surface area contributed by atoms with Gasteiger partial charge >= 0.3 is 0 Å². The molecule has 14 heavy (non-hydrogen) atoms. The number of hydrogen-bond donors (Lipinski definition) is 1. The van der Waals surface area contributed by atoms with E-state index in [0.29, 0.717) is 19.6 Å². The van der Waals surface area contributed by atoms with Gasteiger partial charge in [-0.25, -0.2) is 8.42 Å².